The van der Waals surface area contributed by atoms with Crippen molar-refractivity contribution >= 4 is 5.97 Å². The van der Waals surface area contributed by atoms with Gasteiger partial charge in [-0.1, -0.05) is 44.6 Å². The summed E-state index contributed by atoms with van der Waals surface area (Å²) in [5, 5.41) is 8.62. The Morgan fingerprint density at radius 1 is 1.00 bits per heavy atom. The molecule has 0 rings (SSSR count). The van der Waals surface area contributed by atoms with Crippen LogP contribution in [0.5, 0.6) is 0 Å². The van der Waals surface area contributed by atoms with Gasteiger partial charge >= 0.3 is 5.97 Å². The largest absolute Gasteiger partial charge is 0.462 e. The molecule has 0 atom stereocenters. The molecule has 0 radical (unpaired) electrons. The molecule has 0 aromatic rings. The summed E-state index contributed by atoms with van der Waals surface area (Å²) in [4.78, 5) is 11.3. The van der Waals surface area contributed by atoms with Crippen molar-refractivity contribution in [2.45, 2.75) is 65.2 Å². The quantitative estimate of drug-likeness (QED) is 0.349. The highest BCUT2D eigenvalue weighted by Crippen LogP contribution is 2.08. The Labute approximate surface area is 111 Å². The Balaban J connectivity index is 3.19. The molecule has 3 heteroatoms. The van der Waals surface area contributed by atoms with Crippen LogP contribution in [0.2, 0.25) is 0 Å². The lowest BCUT2D eigenvalue weighted by Crippen LogP contribution is -2.06. The smallest absolute Gasteiger partial charge is 0.333 e. The number of aliphatic hydroxyl groups excluding tert-OH is 1. The molecule has 3 nitrogen and oxygen atoms in total. The Bertz CT molecular complexity index is 234. The van der Waals surface area contributed by atoms with Crippen LogP contribution in [0.4, 0.5) is 0 Å². The predicted octanol–water partition coefficient (Wildman–Crippen LogP) is 3.61. The summed E-state index contributed by atoms with van der Waals surface area (Å²) in [7, 11) is 0. The van der Waals surface area contributed by atoms with Gasteiger partial charge in [0.25, 0.3) is 0 Å². The van der Waals surface area contributed by atoms with E-state index in [1.54, 1.807) is 13.0 Å². The molecule has 0 aromatic carbocycles. The molecule has 0 aliphatic carbocycles. The molecule has 0 bridgehead atoms. The summed E-state index contributed by atoms with van der Waals surface area (Å²) in [5.41, 5.74) is 0.680. The Kier molecular flexibility index (Phi) is 12.0. The normalized spacial score (nSPS) is 11.6. The maximum absolute atomic E-state index is 11.3. The number of esters is 1. The van der Waals surface area contributed by atoms with Gasteiger partial charge in [0.15, 0.2) is 0 Å². The number of carbonyl (C=O) groups excluding carboxylic acids is 1. The van der Waals surface area contributed by atoms with Gasteiger partial charge in [-0.2, -0.15) is 0 Å². The summed E-state index contributed by atoms with van der Waals surface area (Å²) in [6.07, 6.45) is 10.8. The van der Waals surface area contributed by atoms with Crippen molar-refractivity contribution in [1.29, 1.82) is 0 Å². The number of carbonyl (C=O) groups is 1. The standard InChI is InChI=1S/C15H28O3/c1-3-14(2)15(17)18-13-11-9-7-5-4-6-8-10-12-16/h3,16H,4-13H2,1-2H3. The van der Waals surface area contributed by atoms with Crippen LogP contribution in [-0.4, -0.2) is 24.3 Å². The highest BCUT2D eigenvalue weighted by molar-refractivity contribution is 5.87. The lowest BCUT2D eigenvalue weighted by Gasteiger charge is -2.04. The number of ether oxygens (including phenoxy) is 1. The van der Waals surface area contributed by atoms with Gasteiger partial charge in [-0.05, 0) is 26.7 Å². The van der Waals surface area contributed by atoms with E-state index in [0.717, 1.165) is 25.7 Å². The fraction of sp³-hybridized carbons (Fsp3) is 0.800. The summed E-state index contributed by atoms with van der Waals surface area (Å²) in [6, 6.07) is 0. The van der Waals surface area contributed by atoms with Crippen molar-refractivity contribution in [2.24, 2.45) is 0 Å². The number of hydrogen-bond acceptors (Lipinski definition) is 3. The Morgan fingerprint density at radius 3 is 2.00 bits per heavy atom. The van der Waals surface area contributed by atoms with E-state index in [2.05, 4.69) is 0 Å². The van der Waals surface area contributed by atoms with Crippen molar-refractivity contribution in [1.82, 2.24) is 0 Å². The maximum atomic E-state index is 11.3. The van der Waals surface area contributed by atoms with E-state index in [-0.39, 0.29) is 5.97 Å². The molecule has 0 spiro atoms. The fourth-order valence-electron chi connectivity index (χ4n) is 1.67. The van der Waals surface area contributed by atoms with Crippen LogP contribution in [0.3, 0.4) is 0 Å². The number of hydrogen-bond donors (Lipinski definition) is 1. The number of allylic oxidation sites excluding steroid dienone is 1. The van der Waals surface area contributed by atoms with Crippen LogP contribution < -0.4 is 0 Å². The highest BCUT2D eigenvalue weighted by atomic mass is 16.5. The zero-order valence-corrected chi connectivity index (χ0v) is 11.9. The number of aliphatic hydroxyl groups is 1. The zero-order valence-electron chi connectivity index (χ0n) is 11.9. The van der Waals surface area contributed by atoms with Gasteiger partial charge in [-0.3, -0.25) is 0 Å². The first kappa shape index (κ1) is 17.2. The minimum Gasteiger partial charge on any atom is -0.462 e. The lowest BCUT2D eigenvalue weighted by molar-refractivity contribution is -0.139. The molecule has 0 amide bonds. The summed E-state index contributed by atoms with van der Waals surface area (Å²) in [5.74, 6) is -0.193. The third-order valence-corrected chi connectivity index (χ3v) is 3.04. The molecule has 0 aromatic heterocycles. The van der Waals surface area contributed by atoms with Crippen molar-refractivity contribution in [2.75, 3.05) is 13.2 Å². The molecular formula is C15H28O3. The van der Waals surface area contributed by atoms with Crippen LogP contribution in [0.15, 0.2) is 11.6 Å². The maximum Gasteiger partial charge on any atom is 0.333 e. The molecule has 18 heavy (non-hydrogen) atoms. The van der Waals surface area contributed by atoms with E-state index >= 15 is 0 Å². The molecule has 0 saturated heterocycles. The average molecular weight is 256 g/mol. The van der Waals surface area contributed by atoms with E-state index in [9.17, 15) is 4.79 Å². The molecule has 0 aliphatic rings. The highest BCUT2D eigenvalue weighted by Gasteiger charge is 2.03. The van der Waals surface area contributed by atoms with Gasteiger partial charge < -0.3 is 9.84 Å². The second-order valence-electron chi connectivity index (χ2n) is 4.66. The third kappa shape index (κ3) is 10.3. The molecule has 106 valence electrons. The molecule has 0 aliphatic heterocycles. The van der Waals surface area contributed by atoms with E-state index in [4.69, 9.17) is 9.84 Å². The minimum atomic E-state index is -0.193. The fourth-order valence-corrected chi connectivity index (χ4v) is 1.67. The third-order valence-electron chi connectivity index (χ3n) is 3.04. The molecule has 1 N–H and O–H groups in total. The SMILES string of the molecule is CC=C(C)C(=O)OCCCCCCCCCCO. The molecule has 0 saturated carbocycles. The first-order valence-electron chi connectivity index (χ1n) is 7.13. The predicted molar refractivity (Wildman–Crippen MR) is 74.4 cm³/mol. The zero-order chi connectivity index (χ0) is 13.6. The van der Waals surface area contributed by atoms with Crippen molar-refractivity contribution in [3.05, 3.63) is 11.6 Å². The number of rotatable bonds is 11. The van der Waals surface area contributed by atoms with E-state index in [0.29, 0.717) is 18.8 Å². The van der Waals surface area contributed by atoms with Crippen molar-refractivity contribution in [3.63, 3.8) is 0 Å². The van der Waals surface area contributed by atoms with E-state index in [1.807, 2.05) is 6.92 Å². The van der Waals surface area contributed by atoms with Gasteiger partial charge in [0.05, 0.1) is 6.61 Å². The summed E-state index contributed by atoms with van der Waals surface area (Å²) >= 11 is 0. The first-order chi connectivity index (χ1) is 8.72. The second-order valence-corrected chi connectivity index (χ2v) is 4.66. The minimum absolute atomic E-state index is 0.193. The number of unbranched alkanes of at least 4 members (excludes halogenated alkanes) is 7. The lowest BCUT2D eigenvalue weighted by atomic mass is 10.1. The topological polar surface area (TPSA) is 46.5 Å². The van der Waals surface area contributed by atoms with Crippen LogP contribution >= 0.6 is 0 Å². The monoisotopic (exact) mass is 256 g/mol. The van der Waals surface area contributed by atoms with Crippen LogP contribution in [0.1, 0.15) is 65.2 Å². The Morgan fingerprint density at radius 2 is 1.50 bits per heavy atom. The van der Waals surface area contributed by atoms with Crippen molar-refractivity contribution < 1.29 is 14.6 Å². The summed E-state index contributed by atoms with van der Waals surface area (Å²) in [6.45, 7) is 4.47. The molecule has 0 unspecified atom stereocenters. The molecule has 0 fully saturated rings. The van der Waals surface area contributed by atoms with Gasteiger partial charge in [0, 0.05) is 12.2 Å². The molecular weight excluding hydrogens is 228 g/mol. The van der Waals surface area contributed by atoms with Crippen LogP contribution in [0, 0.1) is 0 Å². The van der Waals surface area contributed by atoms with E-state index < -0.39 is 0 Å². The first-order valence-corrected chi connectivity index (χ1v) is 7.13. The second kappa shape index (κ2) is 12.6. The van der Waals surface area contributed by atoms with Gasteiger partial charge in [-0.15, -0.1) is 0 Å². The average Bonchev–Trinajstić information content (AvgIpc) is 2.39. The van der Waals surface area contributed by atoms with Gasteiger partial charge in [0.2, 0.25) is 0 Å². The van der Waals surface area contributed by atoms with Crippen molar-refractivity contribution in [3.8, 4) is 0 Å². The summed E-state index contributed by atoms with van der Waals surface area (Å²) < 4.78 is 5.12. The van der Waals surface area contributed by atoms with Gasteiger partial charge in [-0.25, -0.2) is 4.79 Å². The van der Waals surface area contributed by atoms with Crippen LogP contribution in [0.25, 0.3) is 0 Å². The molecule has 0 heterocycles. The van der Waals surface area contributed by atoms with Gasteiger partial charge in [0.1, 0.15) is 0 Å². The van der Waals surface area contributed by atoms with E-state index in [1.165, 1.54) is 25.7 Å². The Hall–Kier alpha value is -0.830. The van der Waals surface area contributed by atoms with Crippen LogP contribution in [-0.2, 0) is 9.53 Å².